The molecule has 0 radical (unpaired) electrons. The van der Waals surface area contributed by atoms with E-state index in [4.69, 9.17) is 5.11 Å². The van der Waals surface area contributed by atoms with Crippen LogP contribution in [0.4, 0.5) is 0 Å². The van der Waals surface area contributed by atoms with Crippen molar-refractivity contribution in [2.45, 2.75) is 31.7 Å². The van der Waals surface area contributed by atoms with Crippen LogP contribution in [-0.2, 0) is 6.42 Å². The first-order chi connectivity index (χ1) is 7.25. The van der Waals surface area contributed by atoms with E-state index in [2.05, 4.69) is 15.5 Å². The van der Waals surface area contributed by atoms with Gasteiger partial charge in [-0.05, 0) is 25.5 Å². The third kappa shape index (κ3) is 2.56. The van der Waals surface area contributed by atoms with Crippen LogP contribution in [-0.4, -0.2) is 33.9 Å². The largest absolute Gasteiger partial charge is 0.476 e. The summed E-state index contributed by atoms with van der Waals surface area (Å²) in [6.07, 6.45) is 4.47. The number of rotatable bonds is 3. The van der Waals surface area contributed by atoms with E-state index in [1.807, 2.05) is 0 Å². The van der Waals surface area contributed by atoms with Gasteiger partial charge in [-0.1, -0.05) is 6.42 Å². The number of carbonyl (C=O) groups is 1. The highest BCUT2D eigenvalue weighted by atomic mass is 16.4. The SMILES string of the molecule is O=C(O)c1cc(CC2CCCCN2)[nH]n1. The van der Waals surface area contributed by atoms with Crippen LogP contribution in [0.2, 0.25) is 0 Å². The van der Waals surface area contributed by atoms with Gasteiger partial charge in [0, 0.05) is 18.2 Å². The quantitative estimate of drug-likeness (QED) is 0.687. The van der Waals surface area contributed by atoms with Crippen LogP contribution in [0.1, 0.15) is 35.4 Å². The number of carboxylic acids is 1. The summed E-state index contributed by atoms with van der Waals surface area (Å²) in [4.78, 5) is 10.6. The molecule has 1 atom stereocenters. The van der Waals surface area contributed by atoms with E-state index in [0.29, 0.717) is 6.04 Å². The standard InChI is InChI=1S/C10H15N3O2/c14-10(15)9-6-8(12-13-9)5-7-3-1-2-4-11-7/h6-7,11H,1-5H2,(H,12,13)(H,14,15). The third-order valence-electron chi connectivity index (χ3n) is 2.73. The predicted molar refractivity (Wildman–Crippen MR) is 54.9 cm³/mol. The average molecular weight is 209 g/mol. The van der Waals surface area contributed by atoms with Gasteiger partial charge in [-0.15, -0.1) is 0 Å². The fourth-order valence-electron chi connectivity index (χ4n) is 1.94. The fourth-order valence-corrected chi connectivity index (χ4v) is 1.94. The van der Waals surface area contributed by atoms with Crippen molar-refractivity contribution >= 4 is 5.97 Å². The van der Waals surface area contributed by atoms with Gasteiger partial charge in [0.15, 0.2) is 5.69 Å². The molecule has 5 nitrogen and oxygen atoms in total. The average Bonchev–Trinajstić information content (AvgIpc) is 2.68. The van der Waals surface area contributed by atoms with Crippen molar-refractivity contribution < 1.29 is 9.90 Å². The molecule has 1 unspecified atom stereocenters. The van der Waals surface area contributed by atoms with Gasteiger partial charge in [-0.3, -0.25) is 5.10 Å². The predicted octanol–water partition coefficient (Wildman–Crippen LogP) is 0.792. The summed E-state index contributed by atoms with van der Waals surface area (Å²) in [6, 6.07) is 2.07. The minimum atomic E-state index is -0.978. The number of carboxylic acid groups (broad SMARTS) is 1. The minimum Gasteiger partial charge on any atom is -0.476 e. The Bertz CT molecular complexity index is 342. The first kappa shape index (κ1) is 10.2. The van der Waals surface area contributed by atoms with Crippen molar-refractivity contribution in [3.8, 4) is 0 Å². The molecule has 0 spiro atoms. The maximum atomic E-state index is 10.6. The first-order valence-corrected chi connectivity index (χ1v) is 5.26. The lowest BCUT2D eigenvalue weighted by molar-refractivity contribution is 0.0690. The summed E-state index contributed by atoms with van der Waals surface area (Å²) in [5, 5.41) is 18.6. The number of hydrogen-bond acceptors (Lipinski definition) is 3. The Morgan fingerprint density at radius 2 is 2.47 bits per heavy atom. The number of aromatic nitrogens is 2. The minimum absolute atomic E-state index is 0.0980. The summed E-state index contributed by atoms with van der Waals surface area (Å²) in [6.45, 7) is 1.06. The van der Waals surface area contributed by atoms with Gasteiger partial charge >= 0.3 is 5.97 Å². The summed E-state index contributed by atoms with van der Waals surface area (Å²) < 4.78 is 0. The molecule has 3 N–H and O–H groups in total. The van der Waals surface area contributed by atoms with Crippen LogP contribution >= 0.6 is 0 Å². The topological polar surface area (TPSA) is 78.0 Å². The highest BCUT2D eigenvalue weighted by Crippen LogP contribution is 2.11. The summed E-state index contributed by atoms with van der Waals surface area (Å²) in [5.74, 6) is -0.978. The molecule has 1 aliphatic heterocycles. The van der Waals surface area contributed by atoms with Crippen LogP contribution in [0.15, 0.2) is 6.07 Å². The lowest BCUT2D eigenvalue weighted by Gasteiger charge is -2.22. The van der Waals surface area contributed by atoms with Gasteiger partial charge in [0.05, 0.1) is 0 Å². The van der Waals surface area contributed by atoms with E-state index < -0.39 is 5.97 Å². The van der Waals surface area contributed by atoms with Gasteiger partial charge in [0.25, 0.3) is 0 Å². The molecule has 1 aromatic rings. The number of nitrogens with one attached hydrogen (secondary N) is 2. The van der Waals surface area contributed by atoms with E-state index in [1.165, 1.54) is 12.8 Å². The van der Waals surface area contributed by atoms with E-state index in [9.17, 15) is 4.79 Å². The highest BCUT2D eigenvalue weighted by molar-refractivity contribution is 5.85. The summed E-state index contributed by atoms with van der Waals surface area (Å²) >= 11 is 0. The molecule has 0 bridgehead atoms. The van der Waals surface area contributed by atoms with Crippen molar-refractivity contribution in [1.82, 2.24) is 15.5 Å². The molecular formula is C10H15N3O2. The van der Waals surface area contributed by atoms with E-state index in [-0.39, 0.29) is 5.69 Å². The number of H-pyrrole nitrogens is 1. The number of hydrogen-bond donors (Lipinski definition) is 3. The Morgan fingerprint density at radius 3 is 3.07 bits per heavy atom. The molecule has 0 saturated carbocycles. The molecule has 0 aromatic carbocycles. The van der Waals surface area contributed by atoms with Crippen LogP contribution in [0, 0.1) is 0 Å². The first-order valence-electron chi connectivity index (χ1n) is 5.26. The fraction of sp³-hybridized carbons (Fsp3) is 0.600. The van der Waals surface area contributed by atoms with Crippen molar-refractivity contribution in [2.75, 3.05) is 6.54 Å². The van der Waals surface area contributed by atoms with Crippen molar-refractivity contribution in [3.05, 3.63) is 17.5 Å². The molecule has 1 aromatic heterocycles. The maximum absolute atomic E-state index is 10.6. The van der Waals surface area contributed by atoms with Gasteiger partial charge in [-0.2, -0.15) is 5.10 Å². The highest BCUT2D eigenvalue weighted by Gasteiger charge is 2.15. The van der Waals surface area contributed by atoms with Gasteiger partial charge in [0.1, 0.15) is 0 Å². The second-order valence-corrected chi connectivity index (χ2v) is 3.93. The van der Waals surface area contributed by atoms with Crippen molar-refractivity contribution in [2.24, 2.45) is 0 Å². The molecule has 82 valence electrons. The zero-order chi connectivity index (χ0) is 10.7. The summed E-state index contributed by atoms with van der Waals surface area (Å²) in [5.41, 5.74) is 0.993. The molecule has 5 heteroatoms. The Balaban J connectivity index is 1.94. The molecule has 1 aliphatic rings. The zero-order valence-corrected chi connectivity index (χ0v) is 8.49. The lowest BCUT2D eigenvalue weighted by atomic mass is 10.0. The lowest BCUT2D eigenvalue weighted by Crippen LogP contribution is -2.35. The molecule has 2 heterocycles. The maximum Gasteiger partial charge on any atom is 0.356 e. The van der Waals surface area contributed by atoms with Crippen LogP contribution in [0.25, 0.3) is 0 Å². The normalized spacial score (nSPS) is 21.5. The van der Waals surface area contributed by atoms with Crippen molar-refractivity contribution in [1.29, 1.82) is 0 Å². The Kier molecular flexibility index (Phi) is 3.01. The van der Waals surface area contributed by atoms with Gasteiger partial charge in [-0.25, -0.2) is 4.79 Å². The number of nitrogens with zero attached hydrogens (tertiary/aromatic N) is 1. The molecule has 0 aliphatic carbocycles. The number of piperidine rings is 1. The number of aromatic amines is 1. The van der Waals surface area contributed by atoms with E-state index in [1.54, 1.807) is 6.07 Å². The third-order valence-corrected chi connectivity index (χ3v) is 2.73. The van der Waals surface area contributed by atoms with Crippen molar-refractivity contribution in [3.63, 3.8) is 0 Å². The van der Waals surface area contributed by atoms with E-state index in [0.717, 1.165) is 25.1 Å². The van der Waals surface area contributed by atoms with Crippen LogP contribution < -0.4 is 5.32 Å². The molecule has 2 rings (SSSR count). The second kappa shape index (κ2) is 4.44. The number of aromatic carboxylic acids is 1. The van der Waals surface area contributed by atoms with Gasteiger partial charge in [0.2, 0.25) is 0 Å². The van der Waals surface area contributed by atoms with Crippen LogP contribution in [0.3, 0.4) is 0 Å². The Hall–Kier alpha value is -1.36. The molecule has 1 fully saturated rings. The molecule has 15 heavy (non-hydrogen) atoms. The summed E-state index contributed by atoms with van der Waals surface area (Å²) in [7, 11) is 0. The van der Waals surface area contributed by atoms with E-state index >= 15 is 0 Å². The Morgan fingerprint density at radius 1 is 1.60 bits per heavy atom. The monoisotopic (exact) mass is 209 g/mol. The Labute approximate surface area is 87.9 Å². The van der Waals surface area contributed by atoms with Gasteiger partial charge < -0.3 is 10.4 Å². The smallest absolute Gasteiger partial charge is 0.356 e. The second-order valence-electron chi connectivity index (χ2n) is 3.93. The molecule has 0 amide bonds. The molecular weight excluding hydrogens is 194 g/mol. The zero-order valence-electron chi connectivity index (χ0n) is 8.49. The van der Waals surface area contributed by atoms with Crippen LogP contribution in [0.5, 0.6) is 0 Å². The molecule has 1 saturated heterocycles.